The maximum atomic E-state index is 11.8. The summed E-state index contributed by atoms with van der Waals surface area (Å²) in [6.07, 6.45) is 5.33. The van der Waals surface area contributed by atoms with E-state index in [1.807, 2.05) is 7.05 Å². The summed E-state index contributed by atoms with van der Waals surface area (Å²) >= 11 is 0. The molecule has 0 aromatic carbocycles. The van der Waals surface area contributed by atoms with Gasteiger partial charge in [0, 0.05) is 26.7 Å². The van der Waals surface area contributed by atoms with Crippen LogP contribution in [0.3, 0.4) is 0 Å². The number of carbonyl (C=O) groups excluding carboxylic acids is 1. The quantitative estimate of drug-likeness (QED) is 0.795. The summed E-state index contributed by atoms with van der Waals surface area (Å²) in [5.74, 6) is -0.314. The Balaban J connectivity index is 1.88. The molecule has 1 N–H and O–H groups in total. The van der Waals surface area contributed by atoms with Gasteiger partial charge in [-0.05, 0) is 26.2 Å². The SMILES string of the molecule is CCOC(=O)c1cnn(C)c1CNCC1CCCCO1. The van der Waals surface area contributed by atoms with Crippen LogP contribution in [-0.4, -0.2) is 41.6 Å². The zero-order valence-corrected chi connectivity index (χ0v) is 12.2. The monoisotopic (exact) mass is 281 g/mol. The molecule has 1 atom stereocenters. The zero-order chi connectivity index (χ0) is 14.4. The molecule has 1 aliphatic heterocycles. The third-order valence-electron chi connectivity index (χ3n) is 3.50. The Morgan fingerprint density at radius 1 is 1.60 bits per heavy atom. The highest BCUT2D eigenvalue weighted by atomic mass is 16.5. The molecule has 1 aromatic heterocycles. The van der Waals surface area contributed by atoms with E-state index in [9.17, 15) is 4.79 Å². The van der Waals surface area contributed by atoms with Crippen LogP contribution in [-0.2, 0) is 23.1 Å². The van der Waals surface area contributed by atoms with Crippen molar-refractivity contribution in [3.8, 4) is 0 Å². The molecule has 1 fully saturated rings. The van der Waals surface area contributed by atoms with Gasteiger partial charge in [-0.15, -0.1) is 0 Å². The molecule has 1 aromatic rings. The fourth-order valence-electron chi connectivity index (χ4n) is 2.37. The third kappa shape index (κ3) is 3.80. The van der Waals surface area contributed by atoms with E-state index in [0.717, 1.165) is 31.7 Å². The number of ether oxygens (including phenoxy) is 2. The van der Waals surface area contributed by atoms with Crippen molar-refractivity contribution in [3.63, 3.8) is 0 Å². The number of nitrogens with one attached hydrogen (secondary N) is 1. The van der Waals surface area contributed by atoms with Crippen molar-refractivity contribution in [2.24, 2.45) is 7.05 Å². The Hall–Kier alpha value is -1.40. The molecule has 6 heteroatoms. The predicted molar refractivity (Wildman–Crippen MR) is 74.5 cm³/mol. The van der Waals surface area contributed by atoms with Crippen LogP contribution in [0.1, 0.15) is 42.2 Å². The van der Waals surface area contributed by atoms with Crippen molar-refractivity contribution >= 4 is 5.97 Å². The van der Waals surface area contributed by atoms with Gasteiger partial charge < -0.3 is 14.8 Å². The van der Waals surface area contributed by atoms with Crippen LogP contribution in [0.25, 0.3) is 0 Å². The summed E-state index contributed by atoms with van der Waals surface area (Å²) in [7, 11) is 1.83. The average molecular weight is 281 g/mol. The summed E-state index contributed by atoms with van der Waals surface area (Å²) in [6.45, 7) is 4.41. The van der Waals surface area contributed by atoms with Crippen molar-refractivity contribution < 1.29 is 14.3 Å². The van der Waals surface area contributed by atoms with Crippen LogP contribution in [0.5, 0.6) is 0 Å². The smallest absolute Gasteiger partial charge is 0.341 e. The van der Waals surface area contributed by atoms with E-state index >= 15 is 0 Å². The second-order valence-electron chi connectivity index (χ2n) is 4.97. The first kappa shape index (κ1) is 15.0. The van der Waals surface area contributed by atoms with Gasteiger partial charge in [0.05, 0.1) is 24.6 Å². The van der Waals surface area contributed by atoms with E-state index in [2.05, 4.69) is 10.4 Å². The second-order valence-corrected chi connectivity index (χ2v) is 4.97. The zero-order valence-electron chi connectivity index (χ0n) is 12.2. The van der Waals surface area contributed by atoms with Gasteiger partial charge in [-0.2, -0.15) is 5.10 Å². The molecule has 0 aliphatic carbocycles. The minimum absolute atomic E-state index is 0.281. The molecule has 112 valence electrons. The van der Waals surface area contributed by atoms with Crippen molar-refractivity contribution in [1.82, 2.24) is 15.1 Å². The molecule has 20 heavy (non-hydrogen) atoms. The summed E-state index contributed by atoms with van der Waals surface area (Å²) in [5, 5.41) is 7.47. The molecular weight excluding hydrogens is 258 g/mol. The summed E-state index contributed by atoms with van der Waals surface area (Å²) in [6, 6.07) is 0. The molecule has 2 heterocycles. The number of nitrogens with zero attached hydrogens (tertiary/aromatic N) is 2. The standard InChI is InChI=1S/C14H23N3O3/c1-3-19-14(18)12-9-16-17(2)13(12)10-15-8-11-6-4-5-7-20-11/h9,11,15H,3-8,10H2,1-2H3. The largest absolute Gasteiger partial charge is 0.462 e. The van der Waals surface area contributed by atoms with E-state index in [-0.39, 0.29) is 12.1 Å². The van der Waals surface area contributed by atoms with E-state index in [4.69, 9.17) is 9.47 Å². The summed E-state index contributed by atoms with van der Waals surface area (Å²) in [5.41, 5.74) is 1.38. The first-order valence-electron chi connectivity index (χ1n) is 7.22. The highest BCUT2D eigenvalue weighted by Crippen LogP contribution is 2.13. The van der Waals surface area contributed by atoms with Gasteiger partial charge in [-0.25, -0.2) is 4.79 Å². The predicted octanol–water partition coefficient (Wildman–Crippen LogP) is 1.26. The highest BCUT2D eigenvalue weighted by molar-refractivity contribution is 5.90. The summed E-state index contributed by atoms with van der Waals surface area (Å²) < 4.78 is 12.4. The number of hydrogen-bond donors (Lipinski definition) is 1. The Morgan fingerprint density at radius 2 is 2.45 bits per heavy atom. The molecule has 1 unspecified atom stereocenters. The molecule has 2 rings (SSSR count). The molecule has 0 saturated carbocycles. The summed E-state index contributed by atoms with van der Waals surface area (Å²) in [4.78, 5) is 11.8. The van der Waals surface area contributed by atoms with Crippen molar-refractivity contribution in [1.29, 1.82) is 0 Å². The van der Waals surface area contributed by atoms with Gasteiger partial charge >= 0.3 is 5.97 Å². The van der Waals surface area contributed by atoms with Gasteiger partial charge in [0.2, 0.25) is 0 Å². The maximum absolute atomic E-state index is 11.8. The number of rotatable bonds is 6. The Labute approximate surface area is 119 Å². The van der Waals surface area contributed by atoms with Gasteiger partial charge in [0.15, 0.2) is 0 Å². The third-order valence-corrected chi connectivity index (χ3v) is 3.50. The van der Waals surface area contributed by atoms with E-state index in [0.29, 0.717) is 18.7 Å². The first-order valence-corrected chi connectivity index (χ1v) is 7.22. The minimum atomic E-state index is -0.314. The average Bonchev–Trinajstić information content (AvgIpc) is 2.82. The van der Waals surface area contributed by atoms with E-state index in [1.165, 1.54) is 6.42 Å². The normalized spacial score (nSPS) is 19.0. The Morgan fingerprint density at radius 3 is 3.15 bits per heavy atom. The molecule has 0 amide bonds. The molecule has 0 spiro atoms. The molecule has 0 radical (unpaired) electrons. The Bertz CT molecular complexity index is 439. The maximum Gasteiger partial charge on any atom is 0.341 e. The van der Waals surface area contributed by atoms with Crippen LogP contribution < -0.4 is 5.32 Å². The van der Waals surface area contributed by atoms with Crippen LogP contribution in [0.2, 0.25) is 0 Å². The molecule has 1 aliphatic rings. The van der Waals surface area contributed by atoms with Crippen LogP contribution in [0, 0.1) is 0 Å². The second kappa shape index (κ2) is 7.40. The topological polar surface area (TPSA) is 65.4 Å². The number of hydrogen-bond acceptors (Lipinski definition) is 5. The highest BCUT2D eigenvalue weighted by Gasteiger charge is 2.18. The number of aryl methyl sites for hydroxylation is 1. The fraction of sp³-hybridized carbons (Fsp3) is 0.714. The van der Waals surface area contributed by atoms with Gasteiger partial charge in [0.1, 0.15) is 5.56 Å². The fourth-order valence-corrected chi connectivity index (χ4v) is 2.37. The van der Waals surface area contributed by atoms with E-state index < -0.39 is 0 Å². The molecular formula is C14H23N3O3. The number of esters is 1. The Kier molecular flexibility index (Phi) is 5.55. The lowest BCUT2D eigenvalue weighted by atomic mass is 10.1. The van der Waals surface area contributed by atoms with Crippen molar-refractivity contribution in [3.05, 3.63) is 17.5 Å². The van der Waals surface area contributed by atoms with Gasteiger partial charge in [-0.1, -0.05) is 0 Å². The van der Waals surface area contributed by atoms with Crippen molar-refractivity contribution in [2.75, 3.05) is 19.8 Å². The van der Waals surface area contributed by atoms with Gasteiger partial charge in [0.25, 0.3) is 0 Å². The minimum Gasteiger partial charge on any atom is -0.462 e. The molecule has 1 saturated heterocycles. The van der Waals surface area contributed by atoms with E-state index in [1.54, 1.807) is 17.8 Å². The number of carbonyl (C=O) groups is 1. The lowest BCUT2D eigenvalue weighted by Gasteiger charge is -2.22. The first-order chi connectivity index (χ1) is 9.72. The lowest BCUT2D eigenvalue weighted by molar-refractivity contribution is 0.0167. The molecule has 0 bridgehead atoms. The molecule has 6 nitrogen and oxygen atoms in total. The lowest BCUT2D eigenvalue weighted by Crippen LogP contribution is -2.32. The van der Waals surface area contributed by atoms with Crippen LogP contribution in [0.4, 0.5) is 0 Å². The van der Waals surface area contributed by atoms with Crippen LogP contribution >= 0.6 is 0 Å². The number of aromatic nitrogens is 2. The van der Waals surface area contributed by atoms with Gasteiger partial charge in [-0.3, -0.25) is 4.68 Å². The van der Waals surface area contributed by atoms with Crippen LogP contribution in [0.15, 0.2) is 6.20 Å². The van der Waals surface area contributed by atoms with Crippen molar-refractivity contribution in [2.45, 2.75) is 38.8 Å².